The molecule has 0 bridgehead atoms. The third kappa shape index (κ3) is 3.87. The molecule has 1 aromatic carbocycles. The van der Waals surface area contributed by atoms with Gasteiger partial charge in [0.15, 0.2) is 0 Å². The van der Waals surface area contributed by atoms with Gasteiger partial charge >= 0.3 is 0 Å². The first-order valence-electron chi connectivity index (χ1n) is 7.05. The summed E-state index contributed by atoms with van der Waals surface area (Å²) in [5.41, 5.74) is 6.57. The maximum Gasteiger partial charge on any atom is 0.238 e. The van der Waals surface area contributed by atoms with Gasteiger partial charge in [0, 0.05) is 23.4 Å². The number of sulfonamides is 1. The molecular weight excluding hydrogens is 290 g/mol. The largest absolute Gasteiger partial charge is 0.493 e. The number of hydrogen-bond acceptors (Lipinski definition) is 5. The summed E-state index contributed by atoms with van der Waals surface area (Å²) in [4.78, 5) is 2.35. The number of nitrogen functional groups attached to an aromatic ring is 1. The molecule has 2 rings (SSSR count). The first-order chi connectivity index (χ1) is 9.79. The van der Waals surface area contributed by atoms with Crippen LogP contribution in [0.4, 0.5) is 5.69 Å². The van der Waals surface area contributed by atoms with Crippen LogP contribution in [-0.2, 0) is 10.0 Å². The molecule has 4 N–H and O–H groups in total. The molecule has 1 fully saturated rings. The Bertz CT molecular complexity index is 616. The third-order valence-corrected chi connectivity index (χ3v) is 5.06. The Morgan fingerprint density at radius 1 is 1.43 bits per heavy atom. The first kappa shape index (κ1) is 16.1. The fraction of sp³-hybridized carbons (Fsp3) is 0.571. The highest BCUT2D eigenvalue weighted by molar-refractivity contribution is 7.89. The Labute approximate surface area is 126 Å². The number of likely N-dealkylation sites (tertiary alicyclic amines) is 1. The van der Waals surface area contributed by atoms with Crippen molar-refractivity contribution in [1.29, 1.82) is 0 Å². The van der Waals surface area contributed by atoms with E-state index in [1.54, 1.807) is 13.0 Å². The minimum atomic E-state index is -3.80. The Hall–Kier alpha value is -1.31. The maximum atomic E-state index is 11.5. The predicted octanol–water partition coefficient (Wildman–Crippen LogP) is 1.09. The van der Waals surface area contributed by atoms with E-state index in [-0.39, 0.29) is 4.90 Å². The van der Waals surface area contributed by atoms with Gasteiger partial charge in [-0.3, -0.25) is 0 Å². The Kier molecular flexibility index (Phi) is 4.75. The molecule has 1 heterocycles. The van der Waals surface area contributed by atoms with E-state index in [0.717, 1.165) is 13.0 Å². The zero-order valence-electron chi connectivity index (χ0n) is 12.5. The fourth-order valence-corrected chi connectivity index (χ4v) is 3.60. The lowest BCUT2D eigenvalue weighted by atomic mass is 10.1. The minimum absolute atomic E-state index is 0.0236. The number of rotatable bonds is 5. The van der Waals surface area contributed by atoms with Gasteiger partial charge in [0.05, 0.1) is 11.5 Å². The van der Waals surface area contributed by atoms with Crippen molar-refractivity contribution in [3.05, 3.63) is 17.7 Å². The molecule has 118 valence electrons. The van der Waals surface area contributed by atoms with E-state index in [0.29, 0.717) is 29.6 Å². The average molecular weight is 313 g/mol. The number of nitrogens with two attached hydrogens (primary N) is 2. The number of nitrogens with zero attached hydrogens (tertiary/aromatic N) is 1. The van der Waals surface area contributed by atoms with Gasteiger partial charge in [-0.15, -0.1) is 0 Å². The van der Waals surface area contributed by atoms with E-state index < -0.39 is 10.0 Å². The van der Waals surface area contributed by atoms with Gasteiger partial charge in [0.1, 0.15) is 5.75 Å². The lowest BCUT2D eigenvalue weighted by molar-refractivity contribution is 0.232. The van der Waals surface area contributed by atoms with Gasteiger partial charge in [0.25, 0.3) is 0 Å². The summed E-state index contributed by atoms with van der Waals surface area (Å²) in [6.07, 6.45) is 3.31. The second kappa shape index (κ2) is 6.21. The van der Waals surface area contributed by atoms with Gasteiger partial charge < -0.3 is 15.4 Å². The third-order valence-electron chi connectivity index (χ3n) is 4.02. The van der Waals surface area contributed by atoms with Crippen LogP contribution < -0.4 is 15.6 Å². The van der Waals surface area contributed by atoms with E-state index in [1.807, 2.05) is 0 Å². The Balaban J connectivity index is 2.08. The van der Waals surface area contributed by atoms with Gasteiger partial charge in [-0.25, -0.2) is 13.6 Å². The molecular formula is C14H23N3O3S. The normalized spacial score (nSPS) is 19.9. The van der Waals surface area contributed by atoms with Crippen LogP contribution in [0.1, 0.15) is 24.8 Å². The van der Waals surface area contributed by atoms with Crippen LogP contribution in [0.25, 0.3) is 0 Å². The van der Waals surface area contributed by atoms with Crippen LogP contribution in [-0.4, -0.2) is 39.6 Å². The Morgan fingerprint density at radius 2 is 2.14 bits per heavy atom. The van der Waals surface area contributed by atoms with Crippen LogP contribution in [0.2, 0.25) is 0 Å². The van der Waals surface area contributed by atoms with E-state index in [1.165, 1.54) is 18.9 Å². The summed E-state index contributed by atoms with van der Waals surface area (Å²) in [5.74, 6) is 0.486. The second-order valence-electron chi connectivity index (χ2n) is 5.60. The summed E-state index contributed by atoms with van der Waals surface area (Å²) >= 11 is 0. The highest BCUT2D eigenvalue weighted by atomic mass is 32.2. The summed E-state index contributed by atoms with van der Waals surface area (Å²) in [5, 5.41) is 5.20. The summed E-state index contributed by atoms with van der Waals surface area (Å²) in [6.45, 7) is 3.33. The highest BCUT2D eigenvalue weighted by Gasteiger charge is 2.21. The Morgan fingerprint density at radius 3 is 2.71 bits per heavy atom. The van der Waals surface area contributed by atoms with Crippen LogP contribution in [0.5, 0.6) is 5.75 Å². The van der Waals surface area contributed by atoms with Crippen LogP contribution in [0, 0.1) is 6.92 Å². The number of hydrogen-bond donors (Lipinski definition) is 2. The van der Waals surface area contributed by atoms with E-state index in [4.69, 9.17) is 15.6 Å². The standard InChI is InChI=1S/C14H23N3O3S/c1-10-13(8-11(15)9-14(10)21(16,18)19)20-7-5-12-4-3-6-17(12)2/h8-9,12H,3-7,15H2,1-2H3,(H2,16,18,19). The maximum absolute atomic E-state index is 11.5. The van der Waals surface area contributed by atoms with E-state index >= 15 is 0 Å². The summed E-state index contributed by atoms with van der Waals surface area (Å²) in [7, 11) is -1.68. The molecule has 21 heavy (non-hydrogen) atoms. The van der Waals surface area contributed by atoms with Crippen LogP contribution >= 0.6 is 0 Å². The second-order valence-corrected chi connectivity index (χ2v) is 7.13. The lowest BCUT2D eigenvalue weighted by Crippen LogP contribution is -2.26. The lowest BCUT2D eigenvalue weighted by Gasteiger charge is -2.20. The zero-order chi connectivity index (χ0) is 15.6. The molecule has 1 aliphatic rings. The monoisotopic (exact) mass is 313 g/mol. The topological polar surface area (TPSA) is 98.7 Å². The molecule has 0 radical (unpaired) electrons. The van der Waals surface area contributed by atoms with Crippen LogP contribution in [0.3, 0.4) is 0 Å². The van der Waals surface area contributed by atoms with Crippen molar-refractivity contribution < 1.29 is 13.2 Å². The molecule has 1 saturated heterocycles. The van der Waals surface area contributed by atoms with Crippen molar-refractivity contribution in [3.8, 4) is 5.75 Å². The molecule has 7 heteroatoms. The molecule has 0 amide bonds. The van der Waals surface area contributed by atoms with Gasteiger partial charge in [-0.05, 0) is 45.8 Å². The molecule has 0 saturated carbocycles. The average Bonchev–Trinajstić information content (AvgIpc) is 2.77. The van der Waals surface area contributed by atoms with Crippen LogP contribution in [0.15, 0.2) is 17.0 Å². The van der Waals surface area contributed by atoms with Crippen molar-refractivity contribution in [2.75, 3.05) is 25.9 Å². The summed E-state index contributed by atoms with van der Waals surface area (Å²) < 4.78 is 28.8. The fourth-order valence-electron chi connectivity index (χ4n) is 2.78. The first-order valence-corrected chi connectivity index (χ1v) is 8.59. The molecule has 0 spiro atoms. The number of anilines is 1. The van der Waals surface area contributed by atoms with E-state index in [2.05, 4.69) is 11.9 Å². The van der Waals surface area contributed by atoms with Crippen molar-refractivity contribution in [2.24, 2.45) is 5.14 Å². The minimum Gasteiger partial charge on any atom is -0.493 e. The molecule has 1 unspecified atom stereocenters. The van der Waals surface area contributed by atoms with Crippen molar-refractivity contribution in [1.82, 2.24) is 4.90 Å². The van der Waals surface area contributed by atoms with Gasteiger partial charge in [-0.2, -0.15) is 0 Å². The summed E-state index contributed by atoms with van der Waals surface area (Å²) in [6, 6.07) is 3.54. The predicted molar refractivity (Wildman–Crippen MR) is 82.7 cm³/mol. The number of primary sulfonamides is 1. The SMILES string of the molecule is Cc1c(OCCC2CCCN2C)cc(N)cc1S(N)(=O)=O. The quantitative estimate of drug-likeness (QED) is 0.793. The van der Waals surface area contributed by atoms with Crippen molar-refractivity contribution >= 4 is 15.7 Å². The highest BCUT2D eigenvalue weighted by Crippen LogP contribution is 2.28. The zero-order valence-corrected chi connectivity index (χ0v) is 13.3. The number of ether oxygens (including phenoxy) is 1. The van der Waals surface area contributed by atoms with Crippen molar-refractivity contribution in [3.63, 3.8) is 0 Å². The molecule has 0 aliphatic carbocycles. The smallest absolute Gasteiger partial charge is 0.238 e. The molecule has 6 nitrogen and oxygen atoms in total. The molecule has 0 aromatic heterocycles. The van der Waals surface area contributed by atoms with Gasteiger partial charge in [0.2, 0.25) is 10.0 Å². The molecule has 1 atom stereocenters. The van der Waals surface area contributed by atoms with E-state index in [9.17, 15) is 8.42 Å². The van der Waals surface area contributed by atoms with Gasteiger partial charge in [-0.1, -0.05) is 0 Å². The molecule has 1 aromatic rings. The van der Waals surface area contributed by atoms with Crippen molar-refractivity contribution in [2.45, 2.75) is 37.1 Å². The molecule has 1 aliphatic heterocycles. The number of benzene rings is 1.